The van der Waals surface area contributed by atoms with Crippen LogP contribution in [0, 0.1) is 6.92 Å². The first-order chi connectivity index (χ1) is 11.6. The molecule has 0 atom stereocenters. The van der Waals surface area contributed by atoms with Crippen molar-refractivity contribution < 1.29 is 14.6 Å². The second-order valence-corrected chi connectivity index (χ2v) is 6.28. The first-order valence-electron chi connectivity index (χ1n) is 8.18. The quantitative estimate of drug-likeness (QED) is 0.942. The molecule has 5 nitrogen and oxygen atoms in total. The summed E-state index contributed by atoms with van der Waals surface area (Å²) in [6.07, 6.45) is 2.30. The van der Waals surface area contributed by atoms with Crippen LogP contribution in [-0.4, -0.2) is 34.2 Å². The lowest BCUT2D eigenvalue weighted by Gasteiger charge is -2.37. The molecule has 3 rings (SSSR count). The van der Waals surface area contributed by atoms with Gasteiger partial charge in [0, 0.05) is 19.3 Å². The molecule has 0 radical (unpaired) electrons. The topological polar surface area (TPSA) is 62.7 Å². The molecule has 0 spiro atoms. The fourth-order valence-corrected chi connectivity index (χ4v) is 2.92. The molecule has 1 aliphatic rings. The van der Waals surface area contributed by atoms with Crippen LogP contribution >= 0.6 is 0 Å². The molecule has 1 saturated heterocycles. The summed E-state index contributed by atoms with van der Waals surface area (Å²) in [5.41, 5.74) is 1.74. The van der Waals surface area contributed by atoms with Gasteiger partial charge in [-0.05, 0) is 43.0 Å². The van der Waals surface area contributed by atoms with Crippen LogP contribution in [0.4, 0.5) is 4.79 Å². The number of hydrogen-bond acceptors (Lipinski definition) is 4. The third-order valence-corrected chi connectivity index (χ3v) is 4.45. The van der Waals surface area contributed by atoms with Crippen molar-refractivity contribution in [2.75, 3.05) is 13.1 Å². The molecule has 1 aromatic carbocycles. The van der Waals surface area contributed by atoms with Crippen molar-refractivity contribution >= 4 is 6.09 Å². The van der Waals surface area contributed by atoms with E-state index in [1.807, 2.05) is 49.4 Å². The lowest BCUT2D eigenvalue weighted by atomic mass is 9.87. The van der Waals surface area contributed by atoms with E-state index < -0.39 is 5.60 Å². The summed E-state index contributed by atoms with van der Waals surface area (Å²) in [6.45, 7) is 3.16. The van der Waals surface area contributed by atoms with Gasteiger partial charge < -0.3 is 14.7 Å². The lowest BCUT2D eigenvalue weighted by molar-refractivity contribution is -0.0287. The minimum Gasteiger partial charge on any atom is -0.445 e. The van der Waals surface area contributed by atoms with Gasteiger partial charge in [0.25, 0.3) is 0 Å². The molecule has 2 aromatic rings. The Labute approximate surface area is 141 Å². The number of aryl methyl sites for hydroxylation is 1. The zero-order valence-corrected chi connectivity index (χ0v) is 13.8. The van der Waals surface area contributed by atoms with Gasteiger partial charge in [0.2, 0.25) is 0 Å². The van der Waals surface area contributed by atoms with Gasteiger partial charge in [-0.15, -0.1) is 0 Å². The zero-order valence-electron chi connectivity index (χ0n) is 13.8. The Morgan fingerprint density at radius 3 is 2.62 bits per heavy atom. The molecule has 2 heterocycles. The van der Waals surface area contributed by atoms with E-state index in [0.29, 0.717) is 31.6 Å². The molecule has 0 unspecified atom stereocenters. The van der Waals surface area contributed by atoms with Crippen molar-refractivity contribution in [3.8, 4) is 0 Å². The summed E-state index contributed by atoms with van der Waals surface area (Å²) in [6, 6.07) is 13.4. The van der Waals surface area contributed by atoms with Crippen molar-refractivity contribution in [1.82, 2.24) is 9.88 Å². The zero-order chi connectivity index (χ0) is 17.0. The molecule has 126 valence electrons. The van der Waals surface area contributed by atoms with Crippen LogP contribution in [0.5, 0.6) is 0 Å². The van der Waals surface area contributed by atoms with Crippen LogP contribution in [0.15, 0.2) is 48.7 Å². The standard InChI is InChI=1S/C19H22N2O3/c1-15-7-10-20-17(13-15)19(23)8-11-21(12-9-19)18(22)24-14-16-5-3-2-4-6-16/h2-7,10,13,23H,8-9,11-12,14H2,1H3. The summed E-state index contributed by atoms with van der Waals surface area (Å²) in [7, 11) is 0. The fraction of sp³-hybridized carbons (Fsp3) is 0.368. The van der Waals surface area contributed by atoms with Gasteiger partial charge in [0.15, 0.2) is 0 Å². The van der Waals surface area contributed by atoms with Crippen LogP contribution in [0.2, 0.25) is 0 Å². The van der Waals surface area contributed by atoms with Gasteiger partial charge in [0.05, 0.1) is 5.69 Å². The minimum atomic E-state index is -0.970. The van der Waals surface area contributed by atoms with Crippen LogP contribution in [0.3, 0.4) is 0 Å². The van der Waals surface area contributed by atoms with E-state index in [9.17, 15) is 9.90 Å². The number of carbonyl (C=O) groups is 1. The van der Waals surface area contributed by atoms with Gasteiger partial charge in [0.1, 0.15) is 12.2 Å². The summed E-state index contributed by atoms with van der Waals surface area (Å²) < 4.78 is 5.35. The number of aliphatic hydroxyl groups is 1. The van der Waals surface area contributed by atoms with Gasteiger partial charge in [-0.25, -0.2) is 4.79 Å². The number of nitrogens with zero attached hydrogens (tertiary/aromatic N) is 2. The number of amides is 1. The molecule has 1 aliphatic heterocycles. The van der Waals surface area contributed by atoms with E-state index in [-0.39, 0.29) is 12.7 Å². The maximum absolute atomic E-state index is 12.2. The number of benzene rings is 1. The lowest BCUT2D eigenvalue weighted by Crippen LogP contribution is -2.45. The highest BCUT2D eigenvalue weighted by Gasteiger charge is 2.37. The monoisotopic (exact) mass is 326 g/mol. The highest BCUT2D eigenvalue weighted by molar-refractivity contribution is 5.67. The first kappa shape index (κ1) is 16.5. The average Bonchev–Trinajstić information content (AvgIpc) is 2.61. The predicted octanol–water partition coefficient (Wildman–Crippen LogP) is 3.01. The second kappa shape index (κ2) is 7.01. The molecule has 24 heavy (non-hydrogen) atoms. The van der Waals surface area contributed by atoms with E-state index in [0.717, 1.165) is 11.1 Å². The molecular formula is C19H22N2O3. The Bertz CT molecular complexity index is 695. The molecule has 1 N–H and O–H groups in total. The normalized spacial score (nSPS) is 16.7. The number of ether oxygens (including phenoxy) is 1. The van der Waals surface area contributed by atoms with E-state index in [4.69, 9.17) is 4.74 Å². The van der Waals surface area contributed by atoms with E-state index >= 15 is 0 Å². The molecule has 1 amide bonds. The minimum absolute atomic E-state index is 0.264. The number of carbonyl (C=O) groups excluding carboxylic acids is 1. The highest BCUT2D eigenvalue weighted by Crippen LogP contribution is 2.32. The van der Waals surface area contributed by atoms with Crippen LogP contribution in [0.25, 0.3) is 0 Å². The summed E-state index contributed by atoms with van der Waals surface area (Å²) in [4.78, 5) is 18.1. The van der Waals surface area contributed by atoms with Gasteiger partial charge in [-0.2, -0.15) is 0 Å². The number of aromatic nitrogens is 1. The maximum atomic E-state index is 12.2. The van der Waals surface area contributed by atoms with Gasteiger partial charge in [-0.3, -0.25) is 4.98 Å². The van der Waals surface area contributed by atoms with E-state index in [1.54, 1.807) is 11.1 Å². The van der Waals surface area contributed by atoms with Crippen molar-refractivity contribution in [3.05, 3.63) is 65.5 Å². The SMILES string of the molecule is Cc1ccnc(C2(O)CCN(C(=O)OCc3ccccc3)CC2)c1. The Morgan fingerprint density at radius 2 is 1.96 bits per heavy atom. The number of pyridine rings is 1. The van der Waals surface area contributed by atoms with Crippen molar-refractivity contribution in [3.63, 3.8) is 0 Å². The Hall–Kier alpha value is -2.40. The molecular weight excluding hydrogens is 304 g/mol. The van der Waals surface area contributed by atoms with E-state index in [1.165, 1.54) is 0 Å². The summed E-state index contributed by atoms with van der Waals surface area (Å²) in [5.74, 6) is 0. The Kier molecular flexibility index (Phi) is 4.81. The third kappa shape index (κ3) is 3.74. The largest absolute Gasteiger partial charge is 0.445 e. The van der Waals surface area contributed by atoms with Crippen molar-refractivity contribution in [2.24, 2.45) is 0 Å². The molecule has 5 heteroatoms. The average molecular weight is 326 g/mol. The number of hydrogen-bond donors (Lipinski definition) is 1. The number of likely N-dealkylation sites (tertiary alicyclic amines) is 1. The highest BCUT2D eigenvalue weighted by atomic mass is 16.6. The van der Waals surface area contributed by atoms with Crippen LogP contribution in [-0.2, 0) is 16.9 Å². The predicted molar refractivity (Wildman–Crippen MR) is 90.3 cm³/mol. The summed E-state index contributed by atoms with van der Waals surface area (Å²) >= 11 is 0. The van der Waals surface area contributed by atoms with Gasteiger partial charge in [-0.1, -0.05) is 30.3 Å². The number of piperidine rings is 1. The van der Waals surface area contributed by atoms with Gasteiger partial charge >= 0.3 is 6.09 Å². The van der Waals surface area contributed by atoms with Crippen molar-refractivity contribution in [2.45, 2.75) is 32.0 Å². The smallest absolute Gasteiger partial charge is 0.410 e. The molecule has 1 fully saturated rings. The Balaban J connectivity index is 1.55. The summed E-state index contributed by atoms with van der Waals surface area (Å²) in [5, 5.41) is 10.8. The Morgan fingerprint density at radius 1 is 1.25 bits per heavy atom. The van der Waals surface area contributed by atoms with E-state index in [2.05, 4.69) is 4.98 Å². The van der Waals surface area contributed by atoms with Crippen LogP contribution in [0.1, 0.15) is 29.7 Å². The fourth-order valence-electron chi connectivity index (χ4n) is 2.92. The van der Waals surface area contributed by atoms with Crippen molar-refractivity contribution in [1.29, 1.82) is 0 Å². The van der Waals surface area contributed by atoms with Crippen LogP contribution < -0.4 is 0 Å². The number of rotatable bonds is 3. The molecule has 1 aromatic heterocycles. The molecule has 0 saturated carbocycles. The second-order valence-electron chi connectivity index (χ2n) is 6.28. The molecule has 0 aliphatic carbocycles. The maximum Gasteiger partial charge on any atom is 0.410 e. The molecule has 0 bridgehead atoms. The third-order valence-electron chi connectivity index (χ3n) is 4.45. The first-order valence-corrected chi connectivity index (χ1v) is 8.18.